The first kappa shape index (κ1) is 30.1. The lowest BCUT2D eigenvalue weighted by Crippen LogP contribution is -2.53. The highest BCUT2D eigenvalue weighted by Gasteiger charge is 2.33. The molecule has 0 heterocycles. The molecule has 11 heteroatoms. The van der Waals surface area contributed by atoms with Crippen LogP contribution in [0.1, 0.15) is 51.0 Å². The van der Waals surface area contributed by atoms with Crippen molar-refractivity contribution in [3.63, 3.8) is 0 Å². The average Bonchev–Trinajstić information content (AvgIpc) is 2.86. The Labute approximate surface area is 235 Å². The zero-order chi connectivity index (χ0) is 27.9. The number of amides is 2. The number of hydrogen-bond acceptors (Lipinski definition) is 5. The minimum absolute atomic E-state index is 0.0735. The van der Waals surface area contributed by atoms with Gasteiger partial charge in [-0.2, -0.15) is 0 Å². The van der Waals surface area contributed by atoms with E-state index in [1.165, 1.54) is 23.1 Å². The van der Waals surface area contributed by atoms with Crippen molar-refractivity contribution in [3.8, 4) is 5.75 Å². The number of sulfonamides is 1. The van der Waals surface area contributed by atoms with Gasteiger partial charge in [0.2, 0.25) is 21.8 Å². The zero-order valence-corrected chi connectivity index (χ0v) is 24.3. The Morgan fingerprint density at radius 2 is 1.66 bits per heavy atom. The van der Waals surface area contributed by atoms with E-state index in [1.54, 1.807) is 19.2 Å². The number of benzene rings is 2. The number of nitrogens with zero attached hydrogens (tertiary/aromatic N) is 2. The fraction of sp³-hybridized carbons (Fsp3) is 0.481. The highest BCUT2D eigenvalue weighted by atomic mass is 35.5. The Morgan fingerprint density at radius 3 is 2.18 bits per heavy atom. The number of carbonyl (C=O) groups excluding carboxylic acids is 2. The predicted molar refractivity (Wildman–Crippen MR) is 151 cm³/mol. The molecule has 208 valence electrons. The van der Waals surface area contributed by atoms with Crippen molar-refractivity contribution in [2.45, 2.75) is 64.1 Å². The molecule has 0 bridgehead atoms. The molecule has 1 aliphatic rings. The van der Waals surface area contributed by atoms with Crippen LogP contribution in [0.4, 0.5) is 5.69 Å². The normalized spacial score (nSPS) is 15.0. The van der Waals surface area contributed by atoms with E-state index in [1.807, 2.05) is 19.1 Å². The maximum absolute atomic E-state index is 13.8. The van der Waals surface area contributed by atoms with Crippen molar-refractivity contribution in [2.75, 3.05) is 24.2 Å². The van der Waals surface area contributed by atoms with Crippen LogP contribution >= 0.6 is 23.2 Å². The smallest absolute Gasteiger partial charge is 0.244 e. The van der Waals surface area contributed by atoms with E-state index in [0.29, 0.717) is 12.2 Å². The molecule has 1 N–H and O–H groups in total. The molecule has 0 aliphatic heterocycles. The van der Waals surface area contributed by atoms with Gasteiger partial charge in [-0.15, -0.1) is 0 Å². The third-order valence-electron chi connectivity index (χ3n) is 6.66. The number of methoxy groups -OCH3 is 1. The first-order valence-corrected chi connectivity index (χ1v) is 15.3. The third-order valence-corrected chi connectivity index (χ3v) is 8.24. The molecule has 3 rings (SSSR count). The Kier molecular flexibility index (Phi) is 10.7. The molecular formula is C27H35Cl2N3O5S. The Bertz CT molecular complexity index is 1200. The summed E-state index contributed by atoms with van der Waals surface area (Å²) in [7, 11) is -2.32. The highest BCUT2D eigenvalue weighted by Crippen LogP contribution is 2.28. The van der Waals surface area contributed by atoms with Crippen LogP contribution in [0.3, 0.4) is 0 Å². The van der Waals surface area contributed by atoms with Crippen LogP contribution < -0.4 is 14.4 Å². The van der Waals surface area contributed by atoms with Crippen LogP contribution in [0.2, 0.25) is 10.0 Å². The van der Waals surface area contributed by atoms with Gasteiger partial charge in [-0.1, -0.05) is 61.5 Å². The van der Waals surface area contributed by atoms with E-state index in [0.717, 1.165) is 48.2 Å². The highest BCUT2D eigenvalue weighted by molar-refractivity contribution is 7.92. The molecule has 8 nitrogen and oxygen atoms in total. The summed E-state index contributed by atoms with van der Waals surface area (Å²) < 4.78 is 31.7. The maximum Gasteiger partial charge on any atom is 0.244 e. The summed E-state index contributed by atoms with van der Waals surface area (Å²) in [6, 6.07) is 10.8. The number of nitrogens with one attached hydrogen (secondary N) is 1. The van der Waals surface area contributed by atoms with Crippen molar-refractivity contribution < 1.29 is 22.7 Å². The molecule has 1 fully saturated rings. The summed E-state index contributed by atoms with van der Waals surface area (Å²) in [4.78, 5) is 28.7. The molecule has 0 unspecified atom stereocenters. The van der Waals surface area contributed by atoms with Gasteiger partial charge in [-0.3, -0.25) is 13.9 Å². The lowest BCUT2D eigenvalue weighted by molar-refractivity contribution is -0.140. The number of halogens is 2. The molecule has 38 heavy (non-hydrogen) atoms. The molecule has 0 aromatic heterocycles. The van der Waals surface area contributed by atoms with Gasteiger partial charge in [0.05, 0.1) is 19.1 Å². The van der Waals surface area contributed by atoms with Crippen LogP contribution in [0.15, 0.2) is 42.5 Å². The lowest BCUT2D eigenvalue weighted by Gasteiger charge is -2.34. The topological polar surface area (TPSA) is 96.0 Å². The second kappa shape index (κ2) is 13.5. The Hall–Kier alpha value is -2.49. The number of rotatable bonds is 11. The van der Waals surface area contributed by atoms with Gasteiger partial charge < -0.3 is 15.0 Å². The van der Waals surface area contributed by atoms with Gasteiger partial charge in [-0.05, 0) is 55.2 Å². The fourth-order valence-electron chi connectivity index (χ4n) is 4.69. The van der Waals surface area contributed by atoms with Crippen molar-refractivity contribution in [2.24, 2.45) is 0 Å². The molecular weight excluding hydrogens is 549 g/mol. The summed E-state index contributed by atoms with van der Waals surface area (Å²) in [5.74, 6) is -0.0965. The average molecular weight is 585 g/mol. The zero-order valence-electron chi connectivity index (χ0n) is 22.0. The summed E-state index contributed by atoms with van der Waals surface area (Å²) >= 11 is 12.2. The molecule has 1 saturated carbocycles. The molecule has 0 saturated heterocycles. The second-order valence-corrected chi connectivity index (χ2v) is 12.3. The van der Waals surface area contributed by atoms with E-state index in [4.69, 9.17) is 27.9 Å². The molecule has 1 atom stereocenters. The number of anilines is 1. The van der Waals surface area contributed by atoms with E-state index >= 15 is 0 Å². The lowest BCUT2D eigenvalue weighted by atomic mass is 9.95. The molecule has 2 aromatic rings. The van der Waals surface area contributed by atoms with Crippen LogP contribution in [-0.2, 0) is 26.2 Å². The van der Waals surface area contributed by atoms with Gasteiger partial charge in [0.15, 0.2) is 0 Å². The number of carbonyl (C=O) groups is 2. The van der Waals surface area contributed by atoms with Crippen molar-refractivity contribution in [1.82, 2.24) is 10.2 Å². The molecule has 0 spiro atoms. The van der Waals surface area contributed by atoms with Gasteiger partial charge in [0.1, 0.15) is 18.3 Å². The van der Waals surface area contributed by atoms with Crippen molar-refractivity contribution in [1.29, 1.82) is 0 Å². The maximum atomic E-state index is 13.8. The van der Waals surface area contributed by atoms with Crippen LogP contribution in [0.25, 0.3) is 0 Å². The van der Waals surface area contributed by atoms with E-state index < -0.39 is 28.5 Å². The SMILES string of the molecule is CC[C@H](C(=O)NC1CCCCC1)N(Cc1ccc(OC)cc1)C(=O)CN(c1cc(Cl)cc(Cl)c1)S(C)(=O)=O. The third kappa shape index (κ3) is 8.25. The first-order chi connectivity index (χ1) is 18.0. The predicted octanol–water partition coefficient (Wildman–Crippen LogP) is 5.02. The largest absolute Gasteiger partial charge is 0.497 e. The van der Waals surface area contributed by atoms with Gasteiger partial charge in [-0.25, -0.2) is 8.42 Å². The standard InChI is InChI=1S/C27H35Cl2N3O5S/c1-4-25(27(34)30-22-8-6-5-7-9-22)31(17-19-10-12-24(37-2)13-11-19)26(33)18-32(38(3,35)36)23-15-20(28)14-21(29)16-23/h10-16,22,25H,4-9,17-18H2,1-3H3,(H,30,34)/t25-/m1/s1. The monoisotopic (exact) mass is 583 g/mol. The molecule has 1 aliphatic carbocycles. The molecule has 0 radical (unpaired) electrons. The van der Waals surface area contributed by atoms with Gasteiger partial charge in [0.25, 0.3) is 0 Å². The second-order valence-electron chi connectivity index (χ2n) is 9.53. The minimum atomic E-state index is -3.89. The van der Waals surface area contributed by atoms with Crippen molar-refractivity contribution in [3.05, 3.63) is 58.1 Å². The quantitative estimate of drug-likeness (QED) is 0.400. The van der Waals surface area contributed by atoms with E-state index in [9.17, 15) is 18.0 Å². The summed E-state index contributed by atoms with van der Waals surface area (Å²) in [6.45, 7) is 1.44. The minimum Gasteiger partial charge on any atom is -0.497 e. The van der Waals surface area contributed by atoms with Gasteiger partial charge >= 0.3 is 0 Å². The molecule has 2 amide bonds. The Balaban J connectivity index is 1.93. The van der Waals surface area contributed by atoms with Crippen molar-refractivity contribution >= 4 is 50.7 Å². The number of hydrogen-bond donors (Lipinski definition) is 1. The summed E-state index contributed by atoms with van der Waals surface area (Å²) in [5, 5.41) is 3.60. The van der Waals surface area contributed by atoms with Crippen LogP contribution in [0, 0.1) is 0 Å². The fourth-order valence-corrected chi connectivity index (χ4v) is 6.04. The van der Waals surface area contributed by atoms with Crippen LogP contribution in [-0.4, -0.2) is 57.1 Å². The summed E-state index contributed by atoms with van der Waals surface area (Å²) in [5.41, 5.74) is 0.947. The summed E-state index contributed by atoms with van der Waals surface area (Å²) in [6.07, 6.45) is 6.46. The van der Waals surface area contributed by atoms with Gasteiger partial charge in [0, 0.05) is 22.6 Å². The van der Waals surface area contributed by atoms with Crippen LogP contribution in [0.5, 0.6) is 5.75 Å². The van der Waals surface area contributed by atoms with E-state index in [-0.39, 0.29) is 34.2 Å². The van der Waals surface area contributed by atoms with E-state index in [2.05, 4.69) is 5.32 Å². The molecule has 2 aromatic carbocycles. The Morgan fingerprint density at radius 1 is 1.05 bits per heavy atom. The first-order valence-electron chi connectivity index (χ1n) is 12.7. The number of ether oxygens (including phenoxy) is 1.